The molecule has 3 N–H and O–H groups in total. The van der Waals surface area contributed by atoms with Crippen molar-refractivity contribution in [1.29, 1.82) is 0 Å². The van der Waals surface area contributed by atoms with Crippen molar-refractivity contribution >= 4 is 27.7 Å². The molecule has 0 radical (unpaired) electrons. The van der Waals surface area contributed by atoms with Crippen LogP contribution in [0.3, 0.4) is 0 Å². The molecular weight excluding hydrogens is 492 g/mol. The lowest BCUT2D eigenvalue weighted by atomic mass is 9.84. The second kappa shape index (κ2) is 12.4. The number of nitrogens with zero attached hydrogens (tertiary/aromatic N) is 2. The maximum atomic E-state index is 13.6. The Balaban J connectivity index is 1.54. The monoisotopic (exact) mass is 532 g/mol. The number of primary amides is 1. The van der Waals surface area contributed by atoms with E-state index in [0.29, 0.717) is 12.3 Å². The molecule has 9 nitrogen and oxygen atoms in total. The predicted molar refractivity (Wildman–Crippen MR) is 140 cm³/mol. The normalized spacial score (nSPS) is 23.4. The molecule has 4 rings (SSSR count). The minimum atomic E-state index is -3.85. The van der Waals surface area contributed by atoms with E-state index in [2.05, 4.69) is 5.32 Å². The fourth-order valence-electron chi connectivity index (χ4n) is 6.06. The van der Waals surface area contributed by atoms with Gasteiger partial charge in [0.2, 0.25) is 27.7 Å². The third-order valence-corrected chi connectivity index (χ3v) is 10.1. The summed E-state index contributed by atoms with van der Waals surface area (Å²) in [6.07, 6.45) is 10.4. The Morgan fingerprint density at radius 2 is 1.54 bits per heavy atom. The highest BCUT2D eigenvalue weighted by molar-refractivity contribution is 7.89. The van der Waals surface area contributed by atoms with Crippen LogP contribution in [0.25, 0.3) is 0 Å². The number of amides is 3. The standard InChI is InChI=1S/C27H40N4O5S/c28-25(32)23(18-20-10-4-1-5-11-20)29-26(33)24-19-30(37(35,36)22-14-8-3-9-15-22)16-17-31(24)27(34)21-12-6-2-7-13-21/h3,8-9,14-15,20-21,23-24H,1-2,4-7,10-13,16-19H2,(H2,28,32)(H,29,33)/t23-,24-/m0/s1. The maximum absolute atomic E-state index is 13.6. The highest BCUT2D eigenvalue weighted by Gasteiger charge is 2.42. The van der Waals surface area contributed by atoms with Gasteiger partial charge in [0.05, 0.1) is 4.90 Å². The van der Waals surface area contributed by atoms with E-state index in [9.17, 15) is 22.8 Å². The summed E-state index contributed by atoms with van der Waals surface area (Å²) in [6.45, 7) is 0.0839. The molecule has 204 valence electrons. The largest absolute Gasteiger partial charge is 0.368 e. The van der Waals surface area contributed by atoms with Crippen molar-refractivity contribution in [2.24, 2.45) is 17.6 Å². The topological polar surface area (TPSA) is 130 Å². The average molecular weight is 533 g/mol. The van der Waals surface area contributed by atoms with Crippen LogP contribution in [-0.2, 0) is 24.4 Å². The molecule has 1 heterocycles. The number of nitrogens with two attached hydrogens (primary N) is 1. The first-order valence-electron chi connectivity index (χ1n) is 13.7. The van der Waals surface area contributed by atoms with Gasteiger partial charge in [0, 0.05) is 25.6 Å². The van der Waals surface area contributed by atoms with E-state index >= 15 is 0 Å². The first kappa shape index (κ1) is 27.6. The second-order valence-electron chi connectivity index (χ2n) is 10.8. The Morgan fingerprint density at radius 3 is 2.16 bits per heavy atom. The quantitative estimate of drug-likeness (QED) is 0.531. The summed E-state index contributed by atoms with van der Waals surface area (Å²) in [5.41, 5.74) is 5.68. The molecule has 0 spiro atoms. The van der Waals surface area contributed by atoms with Gasteiger partial charge in [0.25, 0.3) is 0 Å². The summed E-state index contributed by atoms with van der Waals surface area (Å²) in [6, 6.07) is 6.24. The van der Waals surface area contributed by atoms with Crippen LogP contribution in [-0.4, -0.2) is 67.1 Å². The smallest absolute Gasteiger partial charge is 0.244 e. The third-order valence-electron chi connectivity index (χ3n) is 8.22. The Hall–Kier alpha value is -2.46. The molecule has 1 aliphatic heterocycles. The number of nitrogens with one attached hydrogen (secondary N) is 1. The van der Waals surface area contributed by atoms with Crippen LogP contribution in [0.15, 0.2) is 35.2 Å². The minimum Gasteiger partial charge on any atom is -0.368 e. The van der Waals surface area contributed by atoms with E-state index in [4.69, 9.17) is 5.73 Å². The van der Waals surface area contributed by atoms with Gasteiger partial charge in [-0.1, -0.05) is 69.6 Å². The molecule has 37 heavy (non-hydrogen) atoms. The van der Waals surface area contributed by atoms with Gasteiger partial charge < -0.3 is 16.0 Å². The van der Waals surface area contributed by atoms with Gasteiger partial charge in [-0.3, -0.25) is 14.4 Å². The number of sulfonamides is 1. The molecule has 1 saturated heterocycles. The molecule has 0 aromatic heterocycles. The highest BCUT2D eigenvalue weighted by Crippen LogP contribution is 2.29. The van der Waals surface area contributed by atoms with Gasteiger partial charge in [0.15, 0.2) is 0 Å². The van der Waals surface area contributed by atoms with Crippen molar-refractivity contribution in [3.63, 3.8) is 0 Å². The van der Waals surface area contributed by atoms with E-state index in [0.717, 1.165) is 57.8 Å². The van der Waals surface area contributed by atoms with E-state index in [1.165, 1.54) is 22.9 Å². The zero-order valence-electron chi connectivity index (χ0n) is 21.5. The van der Waals surface area contributed by atoms with E-state index in [-0.39, 0.29) is 36.4 Å². The fourth-order valence-corrected chi connectivity index (χ4v) is 7.52. The van der Waals surface area contributed by atoms with Crippen LogP contribution in [0.1, 0.15) is 70.6 Å². The van der Waals surface area contributed by atoms with Crippen molar-refractivity contribution in [1.82, 2.24) is 14.5 Å². The molecule has 3 aliphatic rings. The molecule has 1 aromatic rings. The molecule has 0 bridgehead atoms. The zero-order chi connectivity index (χ0) is 26.4. The average Bonchev–Trinajstić information content (AvgIpc) is 2.93. The lowest BCUT2D eigenvalue weighted by molar-refractivity contribution is -0.147. The first-order chi connectivity index (χ1) is 17.8. The number of hydrogen-bond donors (Lipinski definition) is 2. The first-order valence-corrected chi connectivity index (χ1v) is 15.2. The molecule has 0 unspecified atom stereocenters. The van der Waals surface area contributed by atoms with Crippen molar-refractivity contribution in [2.45, 2.75) is 87.6 Å². The van der Waals surface area contributed by atoms with Crippen LogP contribution in [0, 0.1) is 11.8 Å². The summed E-state index contributed by atoms with van der Waals surface area (Å²) in [7, 11) is -3.85. The molecule has 2 aliphatic carbocycles. The number of rotatable bonds is 8. The van der Waals surface area contributed by atoms with Crippen LogP contribution in [0.4, 0.5) is 0 Å². The summed E-state index contributed by atoms with van der Waals surface area (Å²) >= 11 is 0. The number of benzene rings is 1. The molecule has 2 atom stereocenters. The zero-order valence-corrected chi connectivity index (χ0v) is 22.3. The Bertz CT molecular complexity index is 1050. The summed E-state index contributed by atoms with van der Waals surface area (Å²) in [4.78, 5) is 41.1. The van der Waals surface area contributed by atoms with Crippen LogP contribution >= 0.6 is 0 Å². The Labute approximate surface area is 220 Å². The van der Waals surface area contributed by atoms with E-state index in [1.54, 1.807) is 23.1 Å². The maximum Gasteiger partial charge on any atom is 0.244 e. The number of piperazine rings is 1. The number of carbonyl (C=O) groups is 3. The SMILES string of the molecule is NC(=O)[C@H](CC1CCCCC1)NC(=O)[C@@H]1CN(S(=O)(=O)c2ccccc2)CCN1C(=O)C1CCCCC1. The van der Waals surface area contributed by atoms with Gasteiger partial charge >= 0.3 is 0 Å². The Morgan fingerprint density at radius 1 is 0.919 bits per heavy atom. The van der Waals surface area contributed by atoms with Crippen molar-refractivity contribution in [3.05, 3.63) is 30.3 Å². The highest BCUT2D eigenvalue weighted by atomic mass is 32.2. The van der Waals surface area contributed by atoms with Crippen molar-refractivity contribution < 1.29 is 22.8 Å². The van der Waals surface area contributed by atoms with Crippen molar-refractivity contribution in [3.8, 4) is 0 Å². The molecule has 3 fully saturated rings. The predicted octanol–water partition coefficient (Wildman–Crippen LogP) is 2.41. The lowest BCUT2D eigenvalue weighted by Gasteiger charge is -2.42. The summed E-state index contributed by atoms with van der Waals surface area (Å²) in [5.74, 6) is -1.06. The number of carbonyl (C=O) groups excluding carboxylic acids is 3. The molecule has 3 amide bonds. The van der Waals surface area contributed by atoms with E-state index in [1.807, 2.05) is 0 Å². The second-order valence-corrected chi connectivity index (χ2v) is 12.7. The van der Waals surface area contributed by atoms with Crippen LogP contribution in [0.5, 0.6) is 0 Å². The summed E-state index contributed by atoms with van der Waals surface area (Å²) in [5, 5.41) is 2.80. The van der Waals surface area contributed by atoms with Gasteiger partial charge in [-0.05, 0) is 37.3 Å². The van der Waals surface area contributed by atoms with Crippen LogP contribution < -0.4 is 11.1 Å². The molecule has 1 aromatic carbocycles. The summed E-state index contributed by atoms with van der Waals surface area (Å²) < 4.78 is 28.0. The van der Waals surface area contributed by atoms with Gasteiger partial charge in [-0.25, -0.2) is 8.42 Å². The van der Waals surface area contributed by atoms with Crippen molar-refractivity contribution in [2.75, 3.05) is 19.6 Å². The van der Waals surface area contributed by atoms with Gasteiger partial charge in [-0.15, -0.1) is 0 Å². The number of hydrogen-bond acceptors (Lipinski definition) is 5. The minimum absolute atomic E-state index is 0.0977. The third kappa shape index (κ3) is 6.71. The molecule has 10 heteroatoms. The Kier molecular flexibility index (Phi) is 9.23. The van der Waals surface area contributed by atoms with Crippen LogP contribution in [0.2, 0.25) is 0 Å². The van der Waals surface area contributed by atoms with Gasteiger partial charge in [0.1, 0.15) is 12.1 Å². The molecular formula is C27H40N4O5S. The molecule has 2 saturated carbocycles. The fraction of sp³-hybridized carbons (Fsp3) is 0.667. The van der Waals surface area contributed by atoms with E-state index < -0.39 is 33.9 Å². The lowest BCUT2D eigenvalue weighted by Crippen LogP contribution is -2.63. The van der Waals surface area contributed by atoms with Gasteiger partial charge in [-0.2, -0.15) is 4.31 Å².